The van der Waals surface area contributed by atoms with Gasteiger partial charge in [0.1, 0.15) is 0 Å². The summed E-state index contributed by atoms with van der Waals surface area (Å²) in [5, 5.41) is 3.48. The summed E-state index contributed by atoms with van der Waals surface area (Å²) in [4.78, 5) is 2.51. The Labute approximate surface area is 105 Å². The molecule has 1 aliphatic rings. The molecule has 0 saturated heterocycles. The first kappa shape index (κ1) is 12.6. The zero-order valence-electron chi connectivity index (χ0n) is 11.0. The molecule has 0 aromatic heterocycles. The molecule has 2 heteroatoms. The molecule has 0 radical (unpaired) electrons. The SMILES string of the molecule is CN[C@H]1CCCC[C@@H]1N(C)Cc1ccccc1. The zero-order valence-corrected chi connectivity index (χ0v) is 11.0. The van der Waals surface area contributed by atoms with Gasteiger partial charge in [0.2, 0.25) is 0 Å². The largest absolute Gasteiger partial charge is 0.315 e. The highest BCUT2D eigenvalue weighted by atomic mass is 15.2. The first-order valence-electron chi connectivity index (χ1n) is 6.72. The Balaban J connectivity index is 1.96. The van der Waals surface area contributed by atoms with E-state index in [4.69, 9.17) is 0 Å². The predicted molar refractivity (Wildman–Crippen MR) is 73.0 cm³/mol. The van der Waals surface area contributed by atoms with E-state index in [1.165, 1.54) is 31.2 Å². The van der Waals surface area contributed by atoms with Gasteiger partial charge in [0.15, 0.2) is 0 Å². The first-order valence-corrected chi connectivity index (χ1v) is 6.72. The topological polar surface area (TPSA) is 15.3 Å². The van der Waals surface area contributed by atoms with Crippen LogP contribution in [0.15, 0.2) is 30.3 Å². The molecule has 0 amide bonds. The van der Waals surface area contributed by atoms with Crippen LogP contribution in [0.2, 0.25) is 0 Å². The first-order chi connectivity index (χ1) is 8.31. The highest BCUT2D eigenvalue weighted by molar-refractivity contribution is 5.14. The van der Waals surface area contributed by atoms with Gasteiger partial charge in [-0.05, 0) is 32.5 Å². The fourth-order valence-electron chi connectivity index (χ4n) is 2.96. The molecule has 1 N–H and O–H groups in total. The Morgan fingerprint density at radius 1 is 1.18 bits per heavy atom. The van der Waals surface area contributed by atoms with Gasteiger partial charge >= 0.3 is 0 Å². The lowest BCUT2D eigenvalue weighted by molar-refractivity contribution is 0.147. The number of nitrogens with zero attached hydrogens (tertiary/aromatic N) is 1. The number of likely N-dealkylation sites (N-methyl/N-ethyl adjacent to an activating group) is 2. The van der Waals surface area contributed by atoms with Crippen molar-refractivity contribution in [2.75, 3.05) is 14.1 Å². The molecule has 94 valence electrons. The van der Waals surface area contributed by atoms with Crippen LogP contribution in [0.3, 0.4) is 0 Å². The maximum atomic E-state index is 3.48. The molecule has 1 aromatic rings. The minimum absolute atomic E-state index is 0.664. The van der Waals surface area contributed by atoms with E-state index in [-0.39, 0.29) is 0 Å². The smallest absolute Gasteiger partial charge is 0.0249 e. The van der Waals surface area contributed by atoms with Gasteiger partial charge in [0.05, 0.1) is 0 Å². The third kappa shape index (κ3) is 3.30. The third-order valence-corrected chi connectivity index (χ3v) is 3.94. The monoisotopic (exact) mass is 232 g/mol. The van der Waals surface area contributed by atoms with E-state index in [0.29, 0.717) is 12.1 Å². The normalized spacial score (nSPS) is 25.1. The quantitative estimate of drug-likeness (QED) is 0.858. The van der Waals surface area contributed by atoms with Crippen LogP contribution in [0, 0.1) is 0 Å². The molecule has 2 nitrogen and oxygen atoms in total. The van der Waals surface area contributed by atoms with E-state index >= 15 is 0 Å². The minimum Gasteiger partial charge on any atom is -0.315 e. The van der Waals surface area contributed by atoms with Gasteiger partial charge in [-0.25, -0.2) is 0 Å². The van der Waals surface area contributed by atoms with Crippen molar-refractivity contribution in [3.63, 3.8) is 0 Å². The molecule has 0 unspecified atom stereocenters. The molecule has 1 aliphatic carbocycles. The summed E-state index contributed by atoms with van der Waals surface area (Å²) in [7, 11) is 4.35. The van der Waals surface area contributed by atoms with Gasteiger partial charge < -0.3 is 5.32 Å². The van der Waals surface area contributed by atoms with Crippen LogP contribution in [-0.2, 0) is 6.54 Å². The summed E-state index contributed by atoms with van der Waals surface area (Å²) in [5.74, 6) is 0. The van der Waals surface area contributed by atoms with Crippen molar-refractivity contribution in [3.05, 3.63) is 35.9 Å². The van der Waals surface area contributed by atoms with Crippen molar-refractivity contribution in [1.29, 1.82) is 0 Å². The van der Waals surface area contributed by atoms with Crippen molar-refractivity contribution in [1.82, 2.24) is 10.2 Å². The van der Waals surface area contributed by atoms with E-state index in [0.717, 1.165) is 6.54 Å². The van der Waals surface area contributed by atoms with E-state index in [2.05, 4.69) is 54.6 Å². The Kier molecular flexibility index (Phi) is 4.57. The second-order valence-electron chi connectivity index (χ2n) is 5.15. The minimum atomic E-state index is 0.664. The van der Waals surface area contributed by atoms with Gasteiger partial charge in [-0.1, -0.05) is 43.2 Å². The molecule has 0 heterocycles. The Bertz CT molecular complexity index is 323. The summed E-state index contributed by atoms with van der Waals surface area (Å²) in [6, 6.07) is 12.1. The maximum absolute atomic E-state index is 3.48. The van der Waals surface area contributed by atoms with Gasteiger partial charge in [0, 0.05) is 18.6 Å². The Hall–Kier alpha value is -0.860. The van der Waals surface area contributed by atoms with Gasteiger partial charge in [-0.2, -0.15) is 0 Å². The lowest BCUT2D eigenvalue weighted by atomic mass is 9.89. The molecule has 1 fully saturated rings. The highest BCUT2D eigenvalue weighted by Gasteiger charge is 2.26. The second-order valence-corrected chi connectivity index (χ2v) is 5.15. The summed E-state index contributed by atoms with van der Waals surface area (Å²) in [5.41, 5.74) is 1.41. The molecule has 0 spiro atoms. The van der Waals surface area contributed by atoms with Gasteiger partial charge in [0.25, 0.3) is 0 Å². The number of hydrogen-bond acceptors (Lipinski definition) is 2. The van der Waals surface area contributed by atoms with Crippen molar-refractivity contribution in [2.24, 2.45) is 0 Å². The summed E-state index contributed by atoms with van der Waals surface area (Å²) < 4.78 is 0. The van der Waals surface area contributed by atoms with E-state index in [1.807, 2.05) is 0 Å². The molecular weight excluding hydrogens is 208 g/mol. The number of rotatable bonds is 4. The van der Waals surface area contributed by atoms with Crippen LogP contribution < -0.4 is 5.32 Å². The van der Waals surface area contributed by atoms with Crippen LogP contribution in [0.4, 0.5) is 0 Å². The Morgan fingerprint density at radius 3 is 2.59 bits per heavy atom. The summed E-state index contributed by atoms with van der Waals surface area (Å²) >= 11 is 0. The van der Waals surface area contributed by atoms with Crippen LogP contribution in [0.1, 0.15) is 31.2 Å². The highest BCUT2D eigenvalue weighted by Crippen LogP contribution is 2.23. The van der Waals surface area contributed by atoms with E-state index in [1.54, 1.807) is 0 Å². The van der Waals surface area contributed by atoms with Crippen molar-refractivity contribution in [2.45, 2.75) is 44.3 Å². The summed E-state index contributed by atoms with van der Waals surface area (Å²) in [6.07, 6.45) is 5.40. The number of benzene rings is 1. The van der Waals surface area contributed by atoms with Crippen LogP contribution in [-0.4, -0.2) is 31.1 Å². The molecule has 0 bridgehead atoms. The maximum Gasteiger partial charge on any atom is 0.0249 e. The van der Waals surface area contributed by atoms with Crippen LogP contribution in [0.5, 0.6) is 0 Å². The zero-order chi connectivity index (χ0) is 12.1. The lowest BCUT2D eigenvalue weighted by Crippen LogP contribution is -2.48. The molecule has 1 aromatic carbocycles. The van der Waals surface area contributed by atoms with Crippen LogP contribution >= 0.6 is 0 Å². The molecule has 2 rings (SSSR count). The van der Waals surface area contributed by atoms with Crippen molar-refractivity contribution < 1.29 is 0 Å². The predicted octanol–water partition coefficient (Wildman–Crippen LogP) is 2.65. The molecule has 0 aliphatic heterocycles. The number of hydrogen-bond donors (Lipinski definition) is 1. The Morgan fingerprint density at radius 2 is 1.88 bits per heavy atom. The van der Waals surface area contributed by atoms with Crippen LogP contribution in [0.25, 0.3) is 0 Å². The second kappa shape index (κ2) is 6.18. The lowest BCUT2D eigenvalue weighted by Gasteiger charge is -2.38. The fraction of sp³-hybridized carbons (Fsp3) is 0.600. The average molecular weight is 232 g/mol. The van der Waals surface area contributed by atoms with Crippen molar-refractivity contribution >= 4 is 0 Å². The van der Waals surface area contributed by atoms with E-state index in [9.17, 15) is 0 Å². The van der Waals surface area contributed by atoms with Crippen molar-refractivity contribution in [3.8, 4) is 0 Å². The third-order valence-electron chi connectivity index (χ3n) is 3.94. The van der Waals surface area contributed by atoms with E-state index < -0.39 is 0 Å². The van der Waals surface area contributed by atoms with Gasteiger partial charge in [-0.3, -0.25) is 4.90 Å². The molecule has 2 atom stereocenters. The molecule has 1 saturated carbocycles. The molecular formula is C15H24N2. The number of nitrogens with one attached hydrogen (secondary N) is 1. The molecule has 17 heavy (non-hydrogen) atoms. The van der Waals surface area contributed by atoms with Gasteiger partial charge in [-0.15, -0.1) is 0 Å². The standard InChI is InChI=1S/C15H24N2/c1-16-14-10-6-7-11-15(14)17(2)12-13-8-4-3-5-9-13/h3-5,8-9,14-16H,6-7,10-12H2,1-2H3/t14-,15-/m0/s1. The summed E-state index contributed by atoms with van der Waals surface area (Å²) in [6.45, 7) is 1.06. The fourth-order valence-corrected chi connectivity index (χ4v) is 2.96. The average Bonchev–Trinajstić information content (AvgIpc) is 2.40.